The standard InChI is InChI=1S/C22H21BrN2O4S/c1-3-28-20(26)12-14-6-4-5-7-19(14)25-21(27)22(30-2)29-17-8-9-18-15(11-17)10-16(23)13-24-18/h4-11,13,22H,3,12H2,1-2H3,(H,25,27). The molecule has 6 nitrogen and oxygen atoms in total. The van der Waals surface area contributed by atoms with Gasteiger partial charge >= 0.3 is 5.97 Å². The summed E-state index contributed by atoms with van der Waals surface area (Å²) in [6.45, 7) is 2.07. The predicted molar refractivity (Wildman–Crippen MR) is 123 cm³/mol. The number of pyridine rings is 1. The van der Waals surface area contributed by atoms with Gasteiger partial charge in [-0.1, -0.05) is 18.2 Å². The lowest BCUT2D eigenvalue weighted by molar-refractivity contribution is -0.142. The van der Waals surface area contributed by atoms with E-state index in [0.29, 0.717) is 23.6 Å². The van der Waals surface area contributed by atoms with Crippen molar-refractivity contribution in [1.29, 1.82) is 0 Å². The number of nitrogens with one attached hydrogen (secondary N) is 1. The first-order valence-electron chi connectivity index (χ1n) is 9.29. The fraction of sp³-hybridized carbons (Fsp3) is 0.227. The number of rotatable bonds is 8. The number of hydrogen-bond acceptors (Lipinski definition) is 6. The molecule has 1 unspecified atom stereocenters. The number of ether oxygens (including phenoxy) is 2. The molecule has 0 spiro atoms. The number of esters is 1. The smallest absolute Gasteiger partial charge is 0.310 e. The van der Waals surface area contributed by atoms with Crippen molar-refractivity contribution in [2.45, 2.75) is 18.8 Å². The van der Waals surface area contributed by atoms with Crippen LogP contribution in [0, 0.1) is 0 Å². The van der Waals surface area contributed by atoms with E-state index in [-0.39, 0.29) is 18.3 Å². The first-order chi connectivity index (χ1) is 14.5. The molecule has 0 aliphatic rings. The number of thioether (sulfide) groups is 1. The zero-order chi connectivity index (χ0) is 21.5. The van der Waals surface area contributed by atoms with Gasteiger partial charge in [-0.25, -0.2) is 0 Å². The van der Waals surface area contributed by atoms with Crippen LogP contribution < -0.4 is 10.1 Å². The molecule has 0 aliphatic carbocycles. The SMILES string of the molecule is CCOC(=O)Cc1ccccc1NC(=O)C(Oc1ccc2ncc(Br)cc2c1)SC. The molecule has 0 saturated heterocycles. The summed E-state index contributed by atoms with van der Waals surface area (Å²) in [6.07, 6.45) is 3.62. The Morgan fingerprint density at radius 3 is 2.77 bits per heavy atom. The summed E-state index contributed by atoms with van der Waals surface area (Å²) in [4.78, 5) is 29.0. The van der Waals surface area contributed by atoms with E-state index >= 15 is 0 Å². The maximum absolute atomic E-state index is 12.8. The van der Waals surface area contributed by atoms with Crippen LogP contribution in [-0.4, -0.2) is 35.2 Å². The maximum Gasteiger partial charge on any atom is 0.310 e. The van der Waals surface area contributed by atoms with Crippen molar-refractivity contribution in [3.05, 3.63) is 64.8 Å². The quantitative estimate of drug-likeness (QED) is 0.362. The molecule has 1 amide bonds. The molecule has 0 fully saturated rings. The number of amides is 1. The van der Waals surface area contributed by atoms with Crippen molar-refractivity contribution >= 4 is 56.2 Å². The van der Waals surface area contributed by atoms with E-state index < -0.39 is 5.44 Å². The number of nitrogens with zero attached hydrogens (tertiary/aromatic N) is 1. The number of halogens is 1. The van der Waals surface area contributed by atoms with E-state index in [1.165, 1.54) is 11.8 Å². The first-order valence-corrected chi connectivity index (χ1v) is 11.4. The summed E-state index contributed by atoms with van der Waals surface area (Å²) in [6, 6.07) is 14.6. The number of carbonyl (C=O) groups is 2. The largest absolute Gasteiger partial charge is 0.470 e. The lowest BCUT2D eigenvalue weighted by Crippen LogP contribution is -2.30. The third kappa shape index (κ3) is 5.73. The Labute approximate surface area is 187 Å². The Morgan fingerprint density at radius 2 is 2.00 bits per heavy atom. The molecule has 3 rings (SSSR count). The van der Waals surface area contributed by atoms with Gasteiger partial charge in [-0.05, 0) is 65.0 Å². The van der Waals surface area contributed by atoms with Gasteiger partial charge in [0.25, 0.3) is 5.91 Å². The van der Waals surface area contributed by atoms with Gasteiger partial charge in [0.05, 0.1) is 18.5 Å². The van der Waals surface area contributed by atoms with Gasteiger partial charge in [0.15, 0.2) is 0 Å². The minimum absolute atomic E-state index is 0.0850. The Kier molecular flexibility index (Phi) is 7.70. The lowest BCUT2D eigenvalue weighted by Gasteiger charge is -2.18. The minimum atomic E-state index is -0.766. The Hall–Kier alpha value is -2.58. The molecule has 0 radical (unpaired) electrons. The average molecular weight is 489 g/mol. The molecule has 156 valence electrons. The van der Waals surface area contributed by atoms with E-state index in [9.17, 15) is 9.59 Å². The van der Waals surface area contributed by atoms with Gasteiger partial charge in [0.1, 0.15) is 5.75 Å². The molecule has 0 bridgehead atoms. The Morgan fingerprint density at radius 1 is 1.20 bits per heavy atom. The maximum atomic E-state index is 12.8. The second-order valence-electron chi connectivity index (χ2n) is 6.32. The van der Waals surface area contributed by atoms with Crippen LogP contribution in [0.1, 0.15) is 12.5 Å². The van der Waals surface area contributed by atoms with Crippen LogP contribution in [0.5, 0.6) is 5.75 Å². The third-order valence-electron chi connectivity index (χ3n) is 4.21. The summed E-state index contributed by atoms with van der Waals surface area (Å²) < 4.78 is 11.8. The van der Waals surface area contributed by atoms with Gasteiger partial charge in [-0.15, -0.1) is 11.8 Å². The van der Waals surface area contributed by atoms with Crippen LogP contribution in [0.4, 0.5) is 5.69 Å². The second kappa shape index (κ2) is 10.4. The highest BCUT2D eigenvalue weighted by Crippen LogP contribution is 2.25. The molecular weight excluding hydrogens is 468 g/mol. The van der Waals surface area contributed by atoms with Crippen LogP contribution in [-0.2, 0) is 20.7 Å². The highest BCUT2D eigenvalue weighted by Gasteiger charge is 2.21. The van der Waals surface area contributed by atoms with Crippen molar-refractivity contribution in [2.24, 2.45) is 0 Å². The topological polar surface area (TPSA) is 77.5 Å². The lowest BCUT2D eigenvalue weighted by atomic mass is 10.1. The summed E-state index contributed by atoms with van der Waals surface area (Å²) in [5, 5.41) is 3.77. The first kappa shape index (κ1) is 22.1. The normalized spacial score (nSPS) is 11.7. The predicted octanol–water partition coefficient (Wildman–Crippen LogP) is 4.81. The van der Waals surface area contributed by atoms with Crippen molar-refractivity contribution in [1.82, 2.24) is 4.98 Å². The highest BCUT2D eigenvalue weighted by atomic mass is 79.9. The third-order valence-corrected chi connectivity index (χ3v) is 5.38. The monoisotopic (exact) mass is 488 g/mol. The molecular formula is C22H21BrN2O4S. The Balaban J connectivity index is 1.73. The molecule has 1 aromatic heterocycles. The van der Waals surface area contributed by atoms with Crippen molar-refractivity contribution in [2.75, 3.05) is 18.2 Å². The van der Waals surface area contributed by atoms with Gasteiger partial charge in [-0.2, -0.15) is 0 Å². The van der Waals surface area contributed by atoms with E-state index in [2.05, 4.69) is 26.2 Å². The van der Waals surface area contributed by atoms with E-state index in [1.54, 1.807) is 43.6 Å². The average Bonchev–Trinajstić information content (AvgIpc) is 2.73. The summed E-state index contributed by atoms with van der Waals surface area (Å²) >= 11 is 4.69. The molecule has 0 aliphatic heterocycles. The number of hydrogen-bond donors (Lipinski definition) is 1. The Bertz CT molecular complexity index is 1060. The van der Waals surface area contributed by atoms with Crippen LogP contribution in [0.15, 0.2) is 59.2 Å². The van der Waals surface area contributed by atoms with Crippen LogP contribution >= 0.6 is 27.7 Å². The molecule has 1 N–H and O–H groups in total. The molecule has 1 atom stereocenters. The number of fused-ring (bicyclic) bond motifs is 1. The number of benzene rings is 2. The van der Waals surface area contributed by atoms with Crippen LogP contribution in [0.3, 0.4) is 0 Å². The molecule has 1 heterocycles. The molecule has 2 aromatic carbocycles. The molecule has 8 heteroatoms. The number of para-hydroxylation sites is 1. The zero-order valence-corrected chi connectivity index (χ0v) is 19.0. The molecule has 0 saturated carbocycles. The van der Waals surface area contributed by atoms with Crippen molar-refractivity contribution in [3.8, 4) is 5.75 Å². The second-order valence-corrected chi connectivity index (χ2v) is 8.14. The fourth-order valence-electron chi connectivity index (χ4n) is 2.84. The van der Waals surface area contributed by atoms with Gasteiger partial charge in [0, 0.05) is 21.7 Å². The van der Waals surface area contributed by atoms with Crippen molar-refractivity contribution < 1.29 is 19.1 Å². The minimum Gasteiger partial charge on any atom is -0.470 e. The molecule has 30 heavy (non-hydrogen) atoms. The molecule has 3 aromatic rings. The van der Waals surface area contributed by atoms with Crippen molar-refractivity contribution in [3.63, 3.8) is 0 Å². The van der Waals surface area contributed by atoms with Crippen LogP contribution in [0.25, 0.3) is 10.9 Å². The summed E-state index contributed by atoms with van der Waals surface area (Å²) in [5.74, 6) is -0.0872. The van der Waals surface area contributed by atoms with Gasteiger partial charge in [0.2, 0.25) is 5.44 Å². The van der Waals surface area contributed by atoms with Crippen LogP contribution in [0.2, 0.25) is 0 Å². The van der Waals surface area contributed by atoms with Gasteiger partial charge in [-0.3, -0.25) is 14.6 Å². The number of anilines is 1. The van der Waals surface area contributed by atoms with E-state index in [1.807, 2.05) is 24.3 Å². The summed E-state index contributed by atoms with van der Waals surface area (Å²) in [5.41, 5.74) is 1.32. The fourth-order valence-corrected chi connectivity index (χ4v) is 3.67. The van der Waals surface area contributed by atoms with Gasteiger partial charge < -0.3 is 14.8 Å². The summed E-state index contributed by atoms with van der Waals surface area (Å²) in [7, 11) is 0. The number of aromatic nitrogens is 1. The number of carbonyl (C=O) groups excluding carboxylic acids is 2. The van der Waals surface area contributed by atoms with E-state index in [4.69, 9.17) is 9.47 Å². The van der Waals surface area contributed by atoms with E-state index in [0.717, 1.165) is 15.4 Å². The zero-order valence-electron chi connectivity index (χ0n) is 16.6. The highest BCUT2D eigenvalue weighted by molar-refractivity contribution is 9.10.